The van der Waals surface area contributed by atoms with E-state index in [-0.39, 0.29) is 30.6 Å². The molecule has 1 saturated carbocycles. The molecule has 0 radical (unpaired) electrons. The molecule has 4 atom stereocenters. The Balaban J connectivity index is 0.000000275. The fraction of sp³-hybridized carbons (Fsp3) is 0.613. The number of unbranched alkanes of at least 4 members (excludes halogenated alkanes) is 7. The van der Waals surface area contributed by atoms with Crippen LogP contribution in [-0.4, -0.2) is 53.6 Å². The highest BCUT2D eigenvalue weighted by molar-refractivity contribution is 5.75. The Morgan fingerprint density at radius 1 is 1.08 bits per heavy atom. The molecule has 1 aromatic heterocycles. The van der Waals surface area contributed by atoms with E-state index in [1.165, 1.54) is 44.9 Å². The number of carbonyl (C=O) groups is 1. The first-order valence-corrected chi connectivity index (χ1v) is 14.4. The third-order valence-corrected chi connectivity index (χ3v) is 7.28. The van der Waals surface area contributed by atoms with E-state index in [9.17, 15) is 9.90 Å². The van der Waals surface area contributed by atoms with Gasteiger partial charge in [-0.15, -0.1) is 0 Å². The lowest BCUT2D eigenvalue weighted by atomic mass is 10.1. The van der Waals surface area contributed by atoms with Crippen molar-refractivity contribution in [2.75, 3.05) is 26.4 Å². The van der Waals surface area contributed by atoms with E-state index < -0.39 is 5.97 Å². The van der Waals surface area contributed by atoms with Gasteiger partial charge in [-0.05, 0) is 36.4 Å². The first kappa shape index (κ1) is 30.1. The van der Waals surface area contributed by atoms with Crippen LogP contribution < -0.4 is 10.1 Å². The minimum absolute atomic E-state index is 0.0593. The average Bonchev–Trinajstić information content (AvgIpc) is 3.60. The molecule has 2 aliphatic rings. The van der Waals surface area contributed by atoms with Gasteiger partial charge in [0.15, 0.2) is 0 Å². The number of aromatic nitrogens is 1. The second kappa shape index (κ2) is 17.2. The highest BCUT2D eigenvalue weighted by Crippen LogP contribution is 2.47. The van der Waals surface area contributed by atoms with Crippen molar-refractivity contribution in [1.82, 2.24) is 10.3 Å². The zero-order valence-electron chi connectivity index (χ0n) is 22.9. The van der Waals surface area contributed by atoms with Crippen LogP contribution in [0.1, 0.15) is 94.2 Å². The van der Waals surface area contributed by atoms with E-state index in [0.717, 1.165) is 43.5 Å². The standard InChI is InChI=1S/C21H36N2O3.C10H10O2/c1-2-3-4-5-6-7-8-9-13-22-20(16-24)18-10-11-21(23-15-18)26-19-12-14-25-17-19;11-10(12)9-6-8(9)7-4-2-1-3-5-7/h10-11,15,19-20,22,24H,2-9,12-14,16-17H2,1H3;1-5,8-9H,6H2,(H,11,12)/t19-,20+;8-,9+/m11/s1. The number of benzene rings is 1. The third kappa shape index (κ3) is 10.7. The smallest absolute Gasteiger partial charge is 0.307 e. The fourth-order valence-corrected chi connectivity index (χ4v) is 4.80. The van der Waals surface area contributed by atoms with Crippen LogP contribution in [0.15, 0.2) is 48.7 Å². The molecule has 0 bridgehead atoms. The molecule has 1 aliphatic heterocycles. The Kier molecular flexibility index (Phi) is 13.6. The Hall–Kier alpha value is -2.48. The van der Waals surface area contributed by atoms with Crippen molar-refractivity contribution in [3.05, 3.63) is 59.8 Å². The Morgan fingerprint density at radius 3 is 2.39 bits per heavy atom. The quantitative estimate of drug-likeness (QED) is 0.235. The zero-order valence-corrected chi connectivity index (χ0v) is 22.9. The molecule has 1 aromatic carbocycles. The van der Waals surface area contributed by atoms with Crippen LogP contribution >= 0.6 is 0 Å². The van der Waals surface area contributed by atoms with Gasteiger partial charge >= 0.3 is 5.97 Å². The lowest BCUT2D eigenvalue weighted by molar-refractivity contribution is -0.138. The number of hydrogen-bond donors (Lipinski definition) is 3. The second-order valence-corrected chi connectivity index (χ2v) is 10.4. The van der Waals surface area contributed by atoms with Crippen LogP contribution in [-0.2, 0) is 9.53 Å². The molecule has 1 saturated heterocycles. The molecule has 7 nitrogen and oxygen atoms in total. The van der Waals surface area contributed by atoms with Gasteiger partial charge in [0.2, 0.25) is 5.88 Å². The topological polar surface area (TPSA) is 101 Å². The monoisotopic (exact) mass is 526 g/mol. The summed E-state index contributed by atoms with van der Waals surface area (Å²) in [6, 6.07) is 13.6. The molecular formula is C31H46N2O5. The zero-order chi connectivity index (χ0) is 27.0. The van der Waals surface area contributed by atoms with Gasteiger partial charge in [0.25, 0.3) is 0 Å². The van der Waals surface area contributed by atoms with Crippen molar-refractivity contribution < 1.29 is 24.5 Å². The predicted octanol–water partition coefficient (Wildman–Crippen LogP) is 5.89. The number of aliphatic hydroxyl groups is 1. The van der Waals surface area contributed by atoms with Crippen LogP contribution in [0.5, 0.6) is 5.88 Å². The number of pyridine rings is 1. The lowest BCUT2D eigenvalue weighted by Gasteiger charge is -2.17. The highest BCUT2D eigenvalue weighted by atomic mass is 16.5. The number of rotatable bonds is 16. The minimum atomic E-state index is -0.663. The normalized spacial score (nSPS) is 20.8. The maximum atomic E-state index is 10.5. The molecule has 0 amide bonds. The summed E-state index contributed by atoms with van der Waals surface area (Å²) in [4.78, 5) is 14.9. The van der Waals surface area contributed by atoms with Crippen molar-refractivity contribution in [3.8, 4) is 5.88 Å². The van der Waals surface area contributed by atoms with Gasteiger partial charge in [-0.3, -0.25) is 4.79 Å². The number of ether oxygens (including phenoxy) is 2. The summed E-state index contributed by atoms with van der Waals surface area (Å²) in [6.07, 6.45) is 14.1. The van der Waals surface area contributed by atoms with E-state index in [2.05, 4.69) is 17.2 Å². The number of nitrogens with zero attached hydrogens (tertiary/aromatic N) is 1. The maximum absolute atomic E-state index is 10.5. The predicted molar refractivity (Wildman–Crippen MR) is 149 cm³/mol. The van der Waals surface area contributed by atoms with E-state index >= 15 is 0 Å². The highest BCUT2D eigenvalue weighted by Gasteiger charge is 2.43. The summed E-state index contributed by atoms with van der Waals surface area (Å²) in [6.45, 7) is 4.66. The first-order valence-electron chi connectivity index (χ1n) is 14.4. The van der Waals surface area contributed by atoms with Crippen LogP contribution in [0, 0.1) is 5.92 Å². The van der Waals surface area contributed by atoms with Gasteiger partial charge < -0.3 is 25.0 Å². The van der Waals surface area contributed by atoms with E-state index in [4.69, 9.17) is 14.6 Å². The van der Waals surface area contributed by atoms with Gasteiger partial charge in [-0.2, -0.15) is 0 Å². The van der Waals surface area contributed by atoms with Crippen LogP contribution in [0.4, 0.5) is 0 Å². The Morgan fingerprint density at radius 2 is 1.82 bits per heavy atom. The number of aliphatic carboxylic acids is 1. The number of carboxylic acids is 1. The largest absolute Gasteiger partial charge is 0.481 e. The van der Waals surface area contributed by atoms with Crippen molar-refractivity contribution in [3.63, 3.8) is 0 Å². The summed E-state index contributed by atoms with van der Waals surface area (Å²) in [7, 11) is 0. The van der Waals surface area contributed by atoms with Gasteiger partial charge in [-0.25, -0.2) is 4.98 Å². The van der Waals surface area contributed by atoms with E-state index in [1.807, 2.05) is 42.5 Å². The van der Waals surface area contributed by atoms with Crippen LogP contribution in [0.25, 0.3) is 0 Å². The van der Waals surface area contributed by atoms with Crippen LogP contribution in [0.2, 0.25) is 0 Å². The number of aliphatic hydroxyl groups excluding tert-OH is 1. The van der Waals surface area contributed by atoms with E-state index in [1.54, 1.807) is 6.20 Å². The molecular weight excluding hydrogens is 480 g/mol. The molecule has 7 heteroatoms. The number of nitrogens with one attached hydrogen (secondary N) is 1. The summed E-state index contributed by atoms with van der Waals surface area (Å²) in [5, 5.41) is 21.8. The van der Waals surface area contributed by atoms with Crippen molar-refractivity contribution in [2.45, 2.75) is 89.2 Å². The molecule has 3 N–H and O–H groups in total. The second-order valence-electron chi connectivity index (χ2n) is 10.4. The summed E-state index contributed by atoms with van der Waals surface area (Å²) in [5.74, 6) is 0.101. The summed E-state index contributed by atoms with van der Waals surface area (Å²) >= 11 is 0. The lowest BCUT2D eigenvalue weighted by Crippen LogP contribution is -2.25. The molecule has 38 heavy (non-hydrogen) atoms. The van der Waals surface area contributed by atoms with Gasteiger partial charge in [-0.1, -0.05) is 88.3 Å². The molecule has 0 spiro atoms. The van der Waals surface area contributed by atoms with E-state index in [0.29, 0.717) is 12.5 Å². The average molecular weight is 527 g/mol. The SMILES string of the molecule is CCCCCCCCCCN[C@@H](CO)c1ccc(O[C@@H]2CCOC2)nc1.O=C(O)[C@H]1C[C@@H]1c1ccccc1. The van der Waals surface area contributed by atoms with Gasteiger partial charge in [0, 0.05) is 18.7 Å². The molecule has 210 valence electrons. The molecule has 1 aliphatic carbocycles. The molecule has 4 rings (SSSR count). The molecule has 2 heterocycles. The number of hydrogen-bond acceptors (Lipinski definition) is 6. The van der Waals surface area contributed by atoms with Gasteiger partial charge in [0.1, 0.15) is 6.10 Å². The molecule has 2 fully saturated rings. The molecule has 0 unspecified atom stereocenters. The van der Waals surface area contributed by atoms with Crippen molar-refractivity contribution in [2.24, 2.45) is 5.92 Å². The third-order valence-electron chi connectivity index (χ3n) is 7.28. The fourth-order valence-electron chi connectivity index (χ4n) is 4.80. The summed E-state index contributed by atoms with van der Waals surface area (Å²) in [5.41, 5.74) is 2.16. The van der Waals surface area contributed by atoms with Crippen molar-refractivity contribution >= 4 is 5.97 Å². The van der Waals surface area contributed by atoms with Crippen LogP contribution in [0.3, 0.4) is 0 Å². The Bertz CT molecular complexity index is 902. The number of carboxylic acid groups (broad SMARTS) is 1. The summed E-state index contributed by atoms with van der Waals surface area (Å²) < 4.78 is 11.1. The van der Waals surface area contributed by atoms with Gasteiger partial charge in [0.05, 0.1) is 31.8 Å². The maximum Gasteiger partial charge on any atom is 0.307 e. The minimum Gasteiger partial charge on any atom is -0.481 e. The van der Waals surface area contributed by atoms with Crippen molar-refractivity contribution in [1.29, 1.82) is 0 Å². The molecule has 2 aromatic rings. The first-order chi connectivity index (χ1) is 18.6. The Labute approximate surface area is 228 Å².